The molecule has 0 saturated heterocycles. The fourth-order valence-corrected chi connectivity index (χ4v) is 4.17. The smallest absolute Gasteiger partial charge is 0.202 e. The molecule has 0 aliphatic carbocycles. The molecule has 0 unspecified atom stereocenters. The van der Waals surface area contributed by atoms with Gasteiger partial charge in [0.15, 0.2) is 0 Å². The summed E-state index contributed by atoms with van der Waals surface area (Å²) in [5.74, 6) is 0. The zero-order chi connectivity index (χ0) is 17.5. The molecular formula is C23H26NS+. The Morgan fingerprint density at radius 3 is 1.52 bits per heavy atom. The predicted octanol–water partition coefficient (Wildman–Crippen LogP) is 5.67. The van der Waals surface area contributed by atoms with Crippen LogP contribution < -0.4 is 9.93 Å². The standard InChI is InChI=1S/C23H26NS/c1-3-15-24(16-4-2)21-17-22(19-11-7-5-8-12-19)25-23(18-21)20-13-9-6-10-14-20/h5-14,17-18H,3-4,15-16H2,1-2H3/q+1. The van der Waals surface area contributed by atoms with E-state index in [4.69, 9.17) is 0 Å². The first-order chi connectivity index (χ1) is 12.3. The van der Waals surface area contributed by atoms with Gasteiger partial charge >= 0.3 is 0 Å². The molecule has 128 valence electrons. The van der Waals surface area contributed by atoms with E-state index < -0.39 is 0 Å². The summed E-state index contributed by atoms with van der Waals surface area (Å²) in [7, 11) is 0. The molecule has 0 bridgehead atoms. The summed E-state index contributed by atoms with van der Waals surface area (Å²) in [6, 6.07) is 26.2. The summed E-state index contributed by atoms with van der Waals surface area (Å²) in [5, 5.41) is 1.33. The Labute approximate surface area is 154 Å². The van der Waals surface area contributed by atoms with Crippen molar-refractivity contribution in [2.45, 2.75) is 26.7 Å². The summed E-state index contributed by atoms with van der Waals surface area (Å²) in [5.41, 5.74) is 2.58. The van der Waals surface area contributed by atoms with Crippen molar-refractivity contribution in [2.24, 2.45) is 0 Å². The SMILES string of the molecule is CCC[N+](CCC)=c1cc(-c2ccccc2)sc(-c2ccccc2)c1. The highest BCUT2D eigenvalue weighted by atomic mass is 32.1. The average Bonchev–Trinajstić information content (AvgIpc) is 2.69. The van der Waals surface area contributed by atoms with Crippen molar-refractivity contribution in [1.82, 2.24) is 4.58 Å². The normalized spacial score (nSPS) is 10.6. The molecule has 2 heteroatoms. The molecule has 1 heterocycles. The van der Waals surface area contributed by atoms with Crippen LogP contribution in [0.5, 0.6) is 0 Å². The summed E-state index contributed by atoms with van der Waals surface area (Å²) in [6.45, 7) is 6.71. The first kappa shape index (κ1) is 17.6. The second-order valence-corrected chi connectivity index (χ2v) is 7.35. The van der Waals surface area contributed by atoms with Gasteiger partial charge in [-0.15, -0.1) is 11.3 Å². The lowest BCUT2D eigenvalue weighted by atomic mass is 10.1. The van der Waals surface area contributed by atoms with E-state index in [0.717, 1.165) is 13.1 Å². The molecule has 0 amide bonds. The minimum Gasteiger partial charge on any atom is -0.230 e. The van der Waals surface area contributed by atoms with Crippen molar-refractivity contribution in [2.75, 3.05) is 13.1 Å². The van der Waals surface area contributed by atoms with E-state index in [2.05, 4.69) is 91.2 Å². The molecule has 3 aromatic rings. The third-order valence-corrected chi connectivity index (χ3v) is 5.39. The molecule has 0 fully saturated rings. The van der Waals surface area contributed by atoms with E-state index in [1.54, 1.807) is 0 Å². The Morgan fingerprint density at radius 1 is 0.680 bits per heavy atom. The zero-order valence-corrected chi connectivity index (χ0v) is 15.9. The summed E-state index contributed by atoms with van der Waals surface area (Å²) in [4.78, 5) is 2.66. The van der Waals surface area contributed by atoms with Gasteiger partial charge in [-0.25, -0.2) is 4.58 Å². The van der Waals surface area contributed by atoms with Gasteiger partial charge in [-0.2, -0.15) is 0 Å². The van der Waals surface area contributed by atoms with Crippen LogP contribution in [0.4, 0.5) is 0 Å². The minimum absolute atomic E-state index is 1.10. The van der Waals surface area contributed by atoms with E-state index in [-0.39, 0.29) is 0 Å². The van der Waals surface area contributed by atoms with Crippen LogP contribution in [-0.4, -0.2) is 13.1 Å². The second kappa shape index (κ2) is 8.77. The van der Waals surface area contributed by atoms with Crippen LogP contribution >= 0.6 is 11.3 Å². The lowest BCUT2D eigenvalue weighted by Crippen LogP contribution is -2.31. The van der Waals surface area contributed by atoms with Gasteiger partial charge in [0, 0.05) is 34.7 Å². The average molecular weight is 349 g/mol. The number of rotatable bonds is 6. The van der Waals surface area contributed by atoms with E-state index in [1.807, 2.05) is 11.3 Å². The van der Waals surface area contributed by atoms with Crippen molar-refractivity contribution in [1.29, 1.82) is 0 Å². The monoisotopic (exact) mass is 348 g/mol. The van der Waals surface area contributed by atoms with Crippen LogP contribution in [0.1, 0.15) is 26.7 Å². The van der Waals surface area contributed by atoms with E-state index in [9.17, 15) is 0 Å². The molecule has 0 aliphatic rings. The van der Waals surface area contributed by atoms with Gasteiger partial charge in [0.05, 0.1) is 0 Å². The van der Waals surface area contributed by atoms with Gasteiger partial charge in [0.25, 0.3) is 0 Å². The van der Waals surface area contributed by atoms with Crippen molar-refractivity contribution < 1.29 is 0 Å². The van der Waals surface area contributed by atoms with Crippen LogP contribution in [-0.2, 0) is 0 Å². The van der Waals surface area contributed by atoms with Crippen molar-refractivity contribution in [3.8, 4) is 20.9 Å². The third kappa shape index (κ3) is 4.46. The second-order valence-electron chi connectivity index (χ2n) is 6.26. The maximum Gasteiger partial charge on any atom is 0.202 e. The molecule has 2 aromatic carbocycles. The molecule has 1 aromatic heterocycles. The first-order valence-corrected chi connectivity index (χ1v) is 9.97. The largest absolute Gasteiger partial charge is 0.230 e. The number of hydrogen-bond donors (Lipinski definition) is 0. The Kier molecular flexibility index (Phi) is 6.19. The molecule has 0 N–H and O–H groups in total. The van der Waals surface area contributed by atoms with Gasteiger partial charge in [-0.1, -0.05) is 74.5 Å². The maximum atomic E-state index is 2.52. The Morgan fingerprint density at radius 2 is 1.12 bits per heavy atom. The Bertz CT molecular complexity index is 795. The highest BCUT2D eigenvalue weighted by Crippen LogP contribution is 2.30. The molecule has 1 nitrogen and oxygen atoms in total. The molecule has 25 heavy (non-hydrogen) atoms. The highest BCUT2D eigenvalue weighted by molar-refractivity contribution is 7.18. The molecular weight excluding hydrogens is 322 g/mol. The third-order valence-electron chi connectivity index (χ3n) is 4.25. The summed E-state index contributed by atoms with van der Waals surface area (Å²) < 4.78 is 2.52. The maximum absolute atomic E-state index is 2.52. The van der Waals surface area contributed by atoms with Crippen LogP contribution in [0.25, 0.3) is 20.9 Å². The number of benzene rings is 2. The lowest BCUT2D eigenvalue weighted by molar-refractivity contribution is 0.557. The van der Waals surface area contributed by atoms with Gasteiger partial charge in [0.2, 0.25) is 5.36 Å². The van der Waals surface area contributed by atoms with E-state index in [1.165, 1.54) is 39.1 Å². The lowest BCUT2D eigenvalue weighted by Gasteiger charge is -2.07. The number of nitrogens with zero attached hydrogens (tertiary/aromatic N) is 1. The van der Waals surface area contributed by atoms with E-state index in [0.29, 0.717) is 0 Å². The molecule has 0 saturated carbocycles. The fraction of sp³-hybridized carbons (Fsp3) is 0.261. The minimum atomic E-state index is 1.10. The molecule has 0 aliphatic heterocycles. The van der Waals surface area contributed by atoms with Crippen molar-refractivity contribution >= 4 is 11.3 Å². The van der Waals surface area contributed by atoms with Gasteiger partial charge < -0.3 is 0 Å². The van der Waals surface area contributed by atoms with Crippen molar-refractivity contribution in [3.05, 3.63) is 78.2 Å². The Hall–Kier alpha value is -2.19. The van der Waals surface area contributed by atoms with Crippen LogP contribution in [0, 0.1) is 0 Å². The predicted molar refractivity (Wildman–Crippen MR) is 111 cm³/mol. The highest BCUT2D eigenvalue weighted by Gasteiger charge is 2.10. The molecule has 0 atom stereocenters. The van der Waals surface area contributed by atoms with E-state index >= 15 is 0 Å². The topological polar surface area (TPSA) is 3.01 Å². The zero-order valence-electron chi connectivity index (χ0n) is 15.1. The first-order valence-electron chi connectivity index (χ1n) is 9.15. The van der Waals surface area contributed by atoms with Crippen molar-refractivity contribution in [3.63, 3.8) is 0 Å². The molecule has 0 spiro atoms. The molecule has 3 rings (SSSR count). The van der Waals surface area contributed by atoms with Gasteiger partial charge in [0.1, 0.15) is 13.1 Å². The van der Waals surface area contributed by atoms with Gasteiger partial charge in [-0.3, -0.25) is 0 Å². The quantitative estimate of drug-likeness (QED) is 0.505. The van der Waals surface area contributed by atoms with Gasteiger partial charge in [-0.05, 0) is 11.1 Å². The summed E-state index contributed by atoms with van der Waals surface area (Å²) >= 11 is 1.87. The van der Waals surface area contributed by atoms with Crippen LogP contribution in [0.2, 0.25) is 0 Å². The van der Waals surface area contributed by atoms with Crippen LogP contribution in [0.15, 0.2) is 72.8 Å². The Balaban J connectivity index is 2.23. The fourth-order valence-electron chi connectivity index (χ4n) is 3.07. The number of hydrogen-bond acceptors (Lipinski definition) is 1. The molecule has 0 radical (unpaired) electrons. The van der Waals surface area contributed by atoms with Crippen LogP contribution in [0.3, 0.4) is 0 Å². The summed E-state index contributed by atoms with van der Waals surface area (Å²) in [6.07, 6.45) is 2.33.